The molecule has 1 heterocycles. The Kier molecular flexibility index (Phi) is 2.16. The molecule has 0 bridgehead atoms. The van der Waals surface area contributed by atoms with Gasteiger partial charge in [0.1, 0.15) is 6.61 Å². The molecular weight excluding hydrogens is 130 g/mol. The summed E-state index contributed by atoms with van der Waals surface area (Å²) in [6.07, 6.45) is 0.449. The fourth-order valence-electron chi connectivity index (χ4n) is 0.669. The first-order valence-electron chi connectivity index (χ1n) is 3.27. The van der Waals surface area contributed by atoms with Gasteiger partial charge in [-0.1, -0.05) is 12.8 Å². The first-order valence-corrected chi connectivity index (χ1v) is 3.27. The number of hydrogen-bond donors (Lipinski definition) is 0. The van der Waals surface area contributed by atoms with E-state index in [0.29, 0.717) is 13.2 Å². The lowest BCUT2D eigenvalue weighted by atomic mass is 10.5. The summed E-state index contributed by atoms with van der Waals surface area (Å²) in [5.74, 6) is 2.80. The predicted octanol–water partition coefficient (Wildman–Crippen LogP) is 0.810. The molecule has 54 valence electrons. The minimum Gasteiger partial charge on any atom is -0.447 e. The van der Waals surface area contributed by atoms with E-state index in [2.05, 4.69) is 16.7 Å². The zero-order valence-electron chi connectivity index (χ0n) is 5.89. The van der Waals surface area contributed by atoms with Crippen LogP contribution in [0.4, 0.5) is 4.79 Å². The molecule has 10 heavy (non-hydrogen) atoms. The highest BCUT2D eigenvalue weighted by Gasteiger charge is 2.19. The third-order valence-electron chi connectivity index (χ3n) is 1.15. The summed E-state index contributed by atoms with van der Waals surface area (Å²) in [5.41, 5.74) is 0. The van der Waals surface area contributed by atoms with Crippen molar-refractivity contribution in [3.05, 3.63) is 0 Å². The monoisotopic (exact) mass is 139 g/mol. The summed E-state index contributed by atoms with van der Waals surface area (Å²) in [6.45, 7) is 3.01. The third-order valence-corrected chi connectivity index (χ3v) is 1.15. The number of hydrogen-bond acceptors (Lipinski definition) is 2. The molecule has 3 nitrogen and oxygen atoms in total. The van der Waals surface area contributed by atoms with Gasteiger partial charge >= 0.3 is 6.09 Å². The molecule has 0 atom stereocenters. The van der Waals surface area contributed by atoms with E-state index in [1.165, 1.54) is 4.90 Å². The Morgan fingerprint density at radius 1 is 1.80 bits per heavy atom. The number of nitrogens with zero attached hydrogens (tertiary/aromatic N) is 1. The Bertz CT molecular complexity index is 190. The number of cyclic esters (lactones) is 1. The Morgan fingerprint density at radius 3 is 3.10 bits per heavy atom. The van der Waals surface area contributed by atoms with Crippen LogP contribution in [-0.2, 0) is 4.74 Å². The number of amides is 1. The van der Waals surface area contributed by atoms with Crippen molar-refractivity contribution in [1.82, 2.24) is 4.90 Å². The molecule has 0 N–H and O–H groups in total. The van der Waals surface area contributed by atoms with Gasteiger partial charge in [-0.15, -0.1) is 0 Å². The van der Waals surface area contributed by atoms with E-state index in [0.717, 1.165) is 6.42 Å². The van der Waals surface area contributed by atoms with Gasteiger partial charge in [0.15, 0.2) is 0 Å². The van der Waals surface area contributed by atoms with Crippen LogP contribution in [0.25, 0.3) is 0 Å². The number of carbonyl (C=O) groups excluding carboxylic acids is 1. The van der Waals surface area contributed by atoms with Gasteiger partial charge in [-0.3, -0.25) is 0 Å². The molecule has 1 fully saturated rings. The molecule has 1 rings (SSSR count). The van der Waals surface area contributed by atoms with Crippen LogP contribution in [0.5, 0.6) is 0 Å². The lowest BCUT2D eigenvalue weighted by molar-refractivity contribution is 0.167. The number of ether oxygens (including phenoxy) is 1. The van der Waals surface area contributed by atoms with Crippen molar-refractivity contribution in [2.75, 3.05) is 13.2 Å². The second-order valence-electron chi connectivity index (χ2n) is 1.91. The van der Waals surface area contributed by atoms with Crippen molar-refractivity contribution in [2.45, 2.75) is 13.3 Å². The van der Waals surface area contributed by atoms with Gasteiger partial charge in [-0.25, -0.2) is 9.69 Å². The van der Waals surface area contributed by atoms with Crippen LogP contribution < -0.4 is 0 Å². The molecule has 0 aromatic heterocycles. The van der Waals surface area contributed by atoms with Crippen molar-refractivity contribution < 1.29 is 9.53 Å². The molecule has 0 aliphatic carbocycles. The van der Waals surface area contributed by atoms with Gasteiger partial charge in [-0.05, 0) is 0 Å². The summed E-state index contributed by atoms with van der Waals surface area (Å²) in [5, 5.41) is 0. The van der Waals surface area contributed by atoms with Crippen LogP contribution in [0.2, 0.25) is 0 Å². The highest BCUT2D eigenvalue weighted by Crippen LogP contribution is 1.99. The van der Waals surface area contributed by atoms with Crippen LogP contribution in [0, 0.1) is 12.0 Å². The van der Waals surface area contributed by atoms with Crippen LogP contribution in [0.1, 0.15) is 13.3 Å². The lowest BCUT2D eigenvalue weighted by Crippen LogP contribution is -2.17. The number of carbonyl (C=O) groups is 1. The SMILES string of the molecule is CCC#CN1CCOC1=O. The Labute approximate surface area is 60.0 Å². The van der Waals surface area contributed by atoms with Crippen molar-refractivity contribution in [3.63, 3.8) is 0 Å². The molecule has 0 aromatic carbocycles. The smallest absolute Gasteiger partial charge is 0.421 e. The van der Waals surface area contributed by atoms with Gasteiger partial charge in [-0.2, -0.15) is 0 Å². The van der Waals surface area contributed by atoms with Gasteiger partial charge in [0.2, 0.25) is 0 Å². The van der Waals surface area contributed by atoms with Crippen molar-refractivity contribution >= 4 is 6.09 Å². The molecule has 1 aliphatic heterocycles. The first-order chi connectivity index (χ1) is 4.84. The fourth-order valence-corrected chi connectivity index (χ4v) is 0.669. The second kappa shape index (κ2) is 3.11. The third kappa shape index (κ3) is 1.41. The van der Waals surface area contributed by atoms with Crippen molar-refractivity contribution in [2.24, 2.45) is 0 Å². The quantitative estimate of drug-likeness (QED) is 0.465. The molecule has 0 unspecified atom stereocenters. The molecule has 1 saturated heterocycles. The Balaban J connectivity index is 2.48. The van der Waals surface area contributed by atoms with Crippen LogP contribution in [-0.4, -0.2) is 24.1 Å². The van der Waals surface area contributed by atoms with E-state index in [-0.39, 0.29) is 6.09 Å². The summed E-state index contributed by atoms with van der Waals surface area (Å²) in [6, 6.07) is 2.69. The Hall–Kier alpha value is -1.17. The van der Waals surface area contributed by atoms with Crippen molar-refractivity contribution in [1.29, 1.82) is 0 Å². The number of rotatable bonds is 0. The van der Waals surface area contributed by atoms with E-state index in [4.69, 9.17) is 0 Å². The van der Waals surface area contributed by atoms with Crippen LogP contribution in [0.15, 0.2) is 0 Å². The first kappa shape index (κ1) is 6.94. The van der Waals surface area contributed by atoms with Crippen LogP contribution in [0.3, 0.4) is 0 Å². The molecule has 0 radical (unpaired) electrons. The van der Waals surface area contributed by atoms with Crippen molar-refractivity contribution in [3.8, 4) is 12.0 Å². The van der Waals surface area contributed by atoms with Gasteiger partial charge in [0.05, 0.1) is 6.54 Å². The average Bonchev–Trinajstić information content (AvgIpc) is 2.31. The maximum atomic E-state index is 10.7. The van der Waals surface area contributed by atoms with Crippen LogP contribution >= 0.6 is 0 Å². The average molecular weight is 139 g/mol. The minimum absolute atomic E-state index is 0.319. The standard InChI is InChI=1S/C7H9NO2/c1-2-3-4-8-5-6-10-7(8)9/h2,5-6H2,1H3. The summed E-state index contributed by atoms with van der Waals surface area (Å²) in [7, 11) is 0. The molecule has 0 spiro atoms. The zero-order chi connectivity index (χ0) is 7.40. The highest BCUT2D eigenvalue weighted by molar-refractivity contribution is 5.71. The molecular formula is C7H9NO2. The Morgan fingerprint density at radius 2 is 2.60 bits per heavy atom. The molecule has 1 aliphatic rings. The molecule has 1 amide bonds. The van der Waals surface area contributed by atoms with E-state index in [1.807, 2.05) is 6.92 Å². The molecule has 0 saturated carbocycles. The summed E-state index contributed by atoms with van der Waals surface area (Å²) < 4.78 is 4.65. The lowest BCUT2D eigenvalue weighted by Gasteiger charge is -1.98. The largest absolute Gasteiger partial charge is 0.447 e. The van der Waals surface area contributed by atoms with Gasteiger partial charge < -0.3 is 4.74 Å². The van der Waals surface area contributed by atoms with E-state index < -0.39 is 0 Å². The molecule has 3 heteroatoms. The second-order valence-corrected chi connectivity index (χ2v) is 1.91. The summed E-state index contributed by atoms with van der Waals surface area (Å²) >= 11 is 0. The van der Waals surface area contributed by atoms with E-state index in [1.54, 1.807) is 0 Å². The fraction of sp³-hybridized carbons (Fsp3) is 0.571. The highest BCUT2D eigenvalue weighted by atomic mass is 16.6. The minimum atomic E-state index is -0.319. The molecule has 0 aromatic rings. The normalized spacial score (nSPS) is 16.1. The topological polar surface area (TPSA) is 29.5 Å². The van der Waals surface area contributed by atoms with E-state index in [9.17, 15) is 4.79 Å². The van der Waals surface area contributed by atoms with Gasteiger partial charge in [0.25, 0.3) is 0 Å². The van der Waals surface area contributed by atoms with Gasteiger partial charge in [0, 0.05) is 12.5 Å². The maximum Gasteiger partial charge on any atom is 0.421 e. The maximum absolute atomic E-state index is 10.7. The summed E-state index contributed by atoms with van der Waals surface area (Å²) in [4.78, 5) is 12.1. The van der Waals surface area contributed by atoms with E-state index >= 15 is 0 Å². The predicted molar refractivity (Wildman–Crippen MR) is 36.1 cm³/mol. The zero-order valence-corrected chi connectivity index (χ0v) is 5.89.